The standard InChI is InChI=1S/C6H7O3/c7-5-3-1-2-4-6(5)9-8/h1-7H/t5-,6-/m1/s1. The Morgan fingerprint density at radius 1 is 1.33 bits per heavy atom. The number of allylic oxidation sites excluding steroid dienone is 2. The normalized spacial score (nSPS) is 33.1. The Morgan fingerprint density at radius 3 is 2.44 bits per heavy atom. The summed E-state index contributed by atoms with van der Waals surface area (Å²) in [5, 5.41) is 18.7. The maximum absolute atomic E-state index is 9.75. The van der Waals surface area contributed by atoms with Crippen LogP contribution in [0.15, 0.2) is 24.3 Å². The van der Waals surface area contributed by atoms with Crippen LogP contribution in [0.1, 0.15) is 0 Å². The molecular weight excluding hydrogens is 120 g/mol. The quantitative estimate of drug-likeness (QED) is 0.404. The largest absolute Gasteiger partial charge is 0.386 e. The number of hydrogen-bond acceptors (Lipinski definition) is 2. The second-order valence-electron chi connectivity index (χ2n) is 1.82. The molecule has 3 nitrogen and oxygen atoms in total. The predicted molar refractivity (Wildman–Crippen MR) is 29.8 cm³/mol. The topological polar surface area (TPSA) is 49.4 Å². The molecule has 0 aromatic rings. The summed E-state index contributed by atoms with van der Waals surface area (Å²) in [5.41, 5.74) is 0. The summed E-state index contributed by atoms with van der Waals surface area (Å²) in [4.78, 5) is 3.67. The molecule has 0 unspecified atom stereocenters. The van der Waals surface area contributed by atoms with Gasteiger partial charge in [-0.15, -0.1) is 0 Å². The molecule has 1 radical (unpaired) electrons. The highest BCUT2D eigenvalue weighted by molar-refractivity contribution is 5.15. The van der Waals surface area contributed by atoms with Crippen LogP contribution in [-0.4, -0.2) is 17.3 Å². The second-order valence-corrected chi connectivity index (χ2v) is 1.82. The van der Waals surface area contributed by atoms with Crippen molar-refractivity contribution in [2.45, 2.75) is 12.2 Å². The van der Waals surface area contributed by atoms with E-state index in [1.54, 1.807) is 12.2 Å². The minimum absolute atomic E-state index is 0.713. The third-order valence-corrected chi connectivity index (χ3v) is 1.17. The molecule has 0 spiro atoms. The summed E-state index contributed by atoms with van der Waals surface area (Å²) in [6.45, 7) is 0. The maximum atomic E-state index is 9.75. The fraction of sp³-hybridized carbons (Fsp3) is 0.333. The molecule has 0 saturated heterocycles. The van der Waals surface area contributed by atoms with Crippen LogP contribution >= 0.6 is 0 Å². The van der Waals surface area contributed by atoms with Crippen molar-refractivity contribution in [3.05, 3.63) is 24.3 Å². The molecule has 1 rings (SSSR count). The number of hydrogen-bond donors (Lipinski definition) is 1. The van der Waals surface area contributed by atoms with E-state index in [1.165, 1.54) is 12.2 Å². The zero-order valence-corrected chi connectivity index (χ0v) is 4.73. The number of rotatable bonds is 1. The van der Waals surface area contributed by atoms with Gasteiger partial charge in [-0.1, -0.05) is 18.2 Å². The molecule has 1 aliphatic carbocycles. The molecule has 0 amide bonds. The van der Waals surface area contributed by atoms with Gasteiger partial charge in [0.25, 0.3) is 0 Å². The summed E-state index contributed by atoms with van der Waals surface area (Å²) in [6.07, 6.45) is 4.85. The summed E-state index contributed by atoms with van der Waals surface area (Å²) >= 11 is 0. The Bertz CT molecular complexity index is 139. The third kappa shape index (κ3) is 1.38. The SMILES string of the molecule is [O]O[C@@H]1C=CC=C[C@H]1O. The molecule has 0 bridgehead atoms. The van der Waals surface area contributed by atoms with Gasteiger partial charge in [0.2, 0.25) is 0 Å². The van der Waals surface area contributed by atoms with Crippen LogP contribution in [0, 0.1) is 0 Å². The minimum Gasteiger partial charge on any atom is -0.386 e. The molecule has 0 heterocycles. The summed E-state index contributed by atoms with van der Waals surface area (Å²) in [6, 6.07) is 0. The fourth-order valence-electron chi connectivity index (χ4n) is 0.664. The van der Waals surface area contributed by atoms with E-state index in [2.05, 4.69) is 4.89 Å². The summed E-state index contributed by atoms with van der Waals surface area (Å²) in [5.74, 6) is 0. The van der Waals surface area contributed by atoms with Crippen LogP contribution in [0.25, 0.3) is 0 Å². The van der Waals surface area contributed by atoms with Crippen molar-refractivity contribution in [2.75, 3.05) is 0 Å². The van der Waals surface area contributed by atoms with Gasteiger partial charge in [0.1, 0.15) is 12.2 Å². The predicted octanol–water partition coefficient (Wildman–Crippen LogP) is 0.204. The van der Waals surface area contributed by atoms with E-state index >= 15 is 0 Å². The first-order valence-electron chi connectivity index (χ1n) is 2.66. The first kappa shape index (κ1) is 6.48. The van der Waals surface area contributed by atoms with E-state index in [0.717, 1.165) is 0 Å². The van der Waals surface area contributed by atoms with E-state index in [0.29, 0.717) is 0 Å². The van der Waals surface area contributed by atoms with Crippen molar-refractivity contribution in [3.63, 3.8) is 0 Å². The number of aliphatic hydroxyl groups excluding tert-OH is 1. The third-order valence-electron chi connectivity index (χ3n) is 1.17. The van der Waals surface area contributed by atoms with Crippen molar-refractivity contribution in [3.8, 4) is 0 Å². The van der Waals surface area contributed by atoms with Crippen LogP contribution in [0.3, 0.4) is 0 Å². The molecule has 2 atom stereocenters. The van der Waals surface area contributed by atoms with E-state index in [9.17, 15) is 5.26 Å². The molecule has 0 fully saturated rings. The lowest BCUT2D eigenvalue weighted by atomic mass is 10.1. The lowest BCUT2D eigenvalue weighted by Crippen LogP contribution is -2.24. The van der Waals surface area contributed by atoms with Gasteiger partial charge in [0.15, 0.2) is 0 Å². The van der Waals surface area contributed by atoms with E-state index < -0.39 is 12.2 Å². The Hall–Kier alpha value is -0.640. The molecule has 3 heteroatoms. The first-order chi connectivity index (χ1) is 4.34. The Morgan fingerprint density at radius 2 is 2.00 bits per heavy atom. The maximum Gasteiger partial charge on any atom is 0.144 e. The molecular formula is C6H7O3. The van der Waals surface area contributed by atoms with Crippen molar-refractivity contribution in [1.82, 2.24) is 0 Å². The molecule has 49 valence electrons. The first-order valence-corrected chi connectivity index (χ1v) is 2.66. The van der Waals surface area contributed by atoms with Gasteiger partial charge in [-0.05, 0) is 11.3 Å². The van der Waals surface area contributed by atoms with Gasteiger partial charge in [-0.3, -0.25) is 0 Å². The van der Waals surface area contributed by atoms with Crippen molar-refractivity contribution < 1.29 is 15.3 Å². The molecule has 0 aromatic carbocycles. The highest BCUT2D eigenvalue weighted by atomic mass is 17.1. The second kappa shape index (κ2) is 2.77. The zero-order valence-electron chi connectivity index (χ0n) is 4.73. The van der Waals surface area contributed by atoms with Crippen LogP contribution in [-0.2, 0) is 10.1 Å². The molecule has 0 saturated carbocycles. The van der Waals surface area contributed by atoms with E-state index in [1.807, 2.05) is 0 Å². The molecule has 0 aliphatic heterocycles. The van der Waals surface area contributed by atoms with Crippen LogP contribution in [0.4, 0.5) is 0 Å². The summed E-state index contributed by atoms with van der Waals surface area (Å²) < 4.78 is 0. The molecule has 0 aromatic heterocycles. The lowest BCUT2D eigenvalue weighted by Gasteiger charge is -2.13. The van der Waals surface area contributed by atoms with Gasteiger partial charge < -0.3 is 5.11 Å². The van der Waals surface area contributed by atoms with Crippen molar-refractivity contribution in [1.29, 1.82) is 0 Å². The number of aliphatic hydroxyl groups is 1. The van der Waals surface area contributed by atoms with Crippen molar-refractivity contribution in [2.24, 2.45) is 0 Å². The molecule has 1 aliphatic rings. The Balaban J connectivity index is 2.55. The Labute approximate surface area is 52.8 Å². The van der Waals surface area contributed by atoms with Gasteiger partial charge in [0.05, 0.1) is 0 Å². The van der Waals surface area contributed by atoms with Gasteiger partial charge >= 0.3 is 0 Å². The highest BCUT2D eigenvalue weighted by Gasteiger charge is 2.15. The highest BCUT2D eigenvalue weighted by Crippen LogP contribution is 2.06. The van der Waals surface area contributed by atoms with E-state index in [-0.39, 0.29) is 0 Å². The Kier molecular flexibility index (Phi) is 2.00. The summed E-state index contributed by atoms with van der Waals surface area (Å²) in [7, 11) is 0. The average molecular weight is 127 g/mol. The van der Waals surface area contributed by atoms with Gasteiger partial charge in [0, 0.05) is 0 Å². The minimum atomic E-state index is -0.785. The monoisotopic (exact) mass is 127 g/mol. The van der Waals surface area contributed by atoms with Crippen LogP contribution in [0.2, 0.25) is 0 Å². The van der Waals surface area contributed by atoms with E-state index in [4.69, 9.17) is 5.11 Å². The zero-order chi connectivity index (χ0) is 6.69. The lowest BCUT2D eigenvalue weighted by molar-refractivity contribution is -0.334. The smallest absolute Gasteiger partial charge is 0.144 e. The fourth-order valence-corrected chi connectivity index (χ4v) is 0.664. The molecule has 1 N–H and O–H groups in total. The van der Waals surface area contributed by atoms with Crippen LogP contribution in [0.5, 0.6) is 0 Å². The molecule has 9 heavy (non-hydrogen) atoms. The van der Waals surface area contributed by atoms with Crippen LogP contribution < -0.4 is 0 Å². The van der Waals surface area contributed by atoms with Gasteiger partial charge in [-0.25, -0.2) is 0 Å². The average Bonchev–Trinajstić information content (AvgIpc) is 1.89. The van der Waals surface area contributed by atoms with Gasteiger partial charge in [-0.2, -0.15) is 4.89 Å². The van der Waals surface area contributed by atoms with Crippen molar-refractivity contribution >= 4 is 0 Å².